The number of nitrogens with one attached hydrogen (secondary N) is 1. The van der Waals surface area contributed by atoms with Gasteiger partial charge in [-0.3, -0.25) is 4.18 Å². The predicted octanol–water partition coefficient (Wildman–Crippen LogP) is 2.32. The molecule has 0 radical (unpaired) electrons. The predicted molar refractivity (Wildman–Crippen MR) is 95.7 cm³/mol. The number of halogens is 2. The second kappa shape index (κ2) is 6.10. The van der Waals surface area contributed by atoms with Crippen LogP contribution in [0.25, 0.3) is 0 Å². The summed E-state index contributed by atoms with van der Waals surface area (Å²) in [6, 6.07) is 9.81. The highest BCUT2D eigenvalue weighted by atomic mass is 35.5. The maximum absolute atomic E-state index is 12.6. The van der Waals surface area contributed by atoms with Gasteiger partial charge < -0.3 is 10.2 Å². The number of rotatable bonds is 4. The number of aromatic nitrogens is 1. The number of pyridine rings is 1. The molecular formula is C16H15Cl2N3O3S. The molecule has 1 aromatic carbocycles. The van der Waals surface area contributed by atoms with E-state index in [1.807, 2.05) is 4.90 Å². The Balaban J connectivity index is 1.58. The number of hydrogen-bond donors (Lipinski definition) is 1. The summed E-state index contributed by atoms with van der Waals surface area (Å²) in [5, 5.41) is 3.84. The zero-order valence-electron chi connectivity index (χ0n) is 13.0. The van der Waals surface area contributed by atoms with Crippen LogP contribution in [0.4, 0.5) is 5.69 Å². The van der Waals surface area contributed by atoms with Crippen molar-refractivity contribution in [1.29, 1.82) is 0 Å². The fourth-order valence-electron chi connectivity index (χ4n) is 3.23. The topological polar surface area (TPSA) is 71.5 Å². The highest BCUT2D eigenvalue weighted by molar-refractivity contribution is 7.86. The van der Waals surface area contributed by atoms with Crippen LogP contribution in [0.15, 0.2) is 47.5 Å². The molecule has 4 rings (SSSR count). The summed E-state index contributed by atoms with van der Waals surface area (Å²) in [5.41, 5.74) is -0.00785. The van der Waals surface area contributed by atoms with Crippen LogP contribution in [0, 0.1) is 0 Å². The van der Waals surface area contributed by atoms with Crippen LogP contribution in [0.5, 0.6) is 0 Å². The fraction of sp³-hybridized carbons (Fsp3) is 0.312. The van der Waals surface area contributed by atoms with Gasteiger partial charge in [0.1, 0.15) is 10.8 Å². The molecule has 2 aromatic rings. The van der Waals surface area contributed by atoms with Gasteiger partial charge in [0.15, 0.2) is 0 Å². The SMILES string of the molecule is O=S(=O)(OC12CNC1CN(c1cnc(Cl)c(Cl)c1)C2)c1ccccc1. The molecule has 2 aliphatic rings. The van der Waals surface area contributed by atoms with Crippen LogP contribution in [0.1, 0.15) is 0 Å². The normalized spacial score (nSPS) is 25.5. The Morgan fingerprint density at radius 2 is 2.04 bits per heavy atom. The van der Waals surface area contributed by atoms with Gasteiger partial charge in [-0.2, -0.15) is 8.42 Å². The van der Waals surface area contributed by atoms with E-state index in [1.165, 1.54) is 12.1 Å². The zero-order valence-corrected chi connectivity index (χ0v) is 15.4. The van der Waals surface area contributed by atoms with Crippen LogP contribution in [-0.4, -0.2) is 44.7 Å². The van der Waals surface area contributed by atoms with Crippen LogP contribution >= 0.6 is 23.2 Å². The van der Waals surface area contributed by atoms with Gasteiger partial charge in [0, 0.05) is 13.1 Å². The van der Waals surface area contributed by atoms with E-state index in [0.717, 1.165) is 5.69 Å². The Morgan fingerprint density at radius 1 is 1.28 bits per heavy atom. The molecule has 0 bridgehead atoms. The first-order chi connectivity index (χ1) is 11.9. The van der Waals surface area contributed by atoms with E-state index in [9.17, 15) is 8.42 Å². The van der Waals surface area contributed by atoms with Gasteiger partial charge in [0.05, 0.1) is 34.4 Å². The monoisotopic (exact) mass is 399 g/mol. The van der Waals surface area contributed by atoms with E-state index in [1.54, 1.807) is 30.5 Å². The second-order valence-electron chi connectivity index (χ2n) is 6.20. The Hall–Kier alpha value is -1.38. The van der Waals surface area contributed by atoms with Crippen LogP contribution in [0.3, 0.4) is 0 Å². The lowest BCUT2D eigenvalue weighted by Gasteiger charge is -2.43. The third kappa shape index (κ3) is 3.00. The average Bonchev–Trinajstić information content (AvgIpc) is 2.83. The van der Waals surface area contributed by atoms with E-state index >= 15 is 0 Å². The Bertz CT molecular complexity index is 910. The van der Waals surface area contributed by atoms with Crippen LogP contribution < -0.4 is 10.2 Å². The van der Waals surface area contributed by atoms with Gasteiger partial charge in [0.25, 0.3) is 10.1 Å². The molecule has 3 heterocycles. The quantitative estimate of drug-likeness (QED) is 0.628. The zero-order chi connectivity index (χ0) is 17.7. The number of fused-ring (bicyclic) bond motifs is 1. The molecule has 9 heteroatoms. The highest BCUT2D eigenvalue weighted by Gasteiger charge is 2.57. The first-order valence-corrected chi connectivity index (χ1v) is 9.86. The van der Waals surface area contributed by atoms with Gasteiger partial charge >= 0.3 is 0 Å². The minimum atomic E-state index is -3.83. The molecule has 1 N–H and O–H groups in total. The lowest BCUT2D eigenvalue weighted by Crippen LogP contribution is -2.69. The van der Waals surface area contributed by atoms with Crippen LogP contribution in [0.2, 0.25) is 10.2 Å². The summed E-state index contributed by atoms with van der Waals surface area (Å²) in [7, 11) is -3.83. The molecule has 6 nitrogen and oxygen atoms in total. The largest absolute Gasteiger partial charge is 0.365 e. The summed E-state index contributed by atoms with van der Waals surface area (Å²) >= 11 is 11.9. The maximum atomic E-state index is 12.6. The lowest BCUT2D eigenvalue weighted by atomic mass is 9.90. The van der Waals surface area contributed by atoms with Crippen molar-refractivity contribution in [2.24, 2.45) is 0 Å². The van der Waals surface area contributed by atoms with Crippen molar-refractivity contribution in [3.8, 4) is 0 Å². The molecule has 0 aliphatic carbocycles. The molecule has 1 aromatic heterocycles. The average molecular weight is 400 g/mol. The summed E-state index contributed by atoms with van der Waals surface area (Å²) in [5.74, 6) is 0. The van der Waals surface area contributed by atoms with Crippen molar-refractivity contribution >= 4 is 39.0 Å². The second-order valence-corrected chi connectivity index (χ2v) is 8.51. The summed E-state index contributed by atoms with van der Waals surface area (Å²) < 4.78 is 30.9. The van der Waals surface area contributed by atoms with Crippen LogP contribution in [-0.2, 0) is 14.3 Å². The van der Waals surface area contributed by atoms with Gasteiger partial charge in [-0.05, 0) is 18.2 Å². The minimum absolute atomic E-state index is 0.0829. The van der Waals surface area contributed by atoms with Gasteiger partial charge in [-0.15, -0.1) is 0 Å². The Morgan fingerprint density at radius 3 is 2.68 bits per heavy atom. The number of anilines is 1. The molecule has 2 aliphatic heterocycles. The van der Waals surface area contributed by atoms with E-state index < -0.39 is 15.7 Å². The molecule has 0 spiro atoms. The standard InChI is InChI=1S/C16H15Cl2N3O3S/c17-13-6-11(7-19-15(13)18)21-8-14-16(10-21,9-20-14)24-25(22,23)12-4-2-1-3-5-12/h1-7,14,20H,8-10H2. The van der Waals surface area contributed by atoms with Crippen molar-refractivity contribution in [3.05, 3.63) is 52.8 Å². The molecule has 132 valence electrons. The molecule has 2 fully saturated rings. The lowest BCUT2D eigenvalue weighted by molar-refractivity contribution is 0.00892. The van der Waals surface area contributed by atoms with E-state index in [0.29, 0.717) is 24.7 Å². The maximum Gasteiger partial charge on any atom is 0.297 e. The third-order valence-corrected chi connectivity index (χ3v) is 6.69. The van der Waals surface area contributed by atoms with Gasteiger partial charge in [0.2, 0.25) is 0 Å². The minimum Gasteiger partial charge on any atom is -0.365 e. The van der Waals surface area contributed by atoms with Crippen molar-refractivity contribution in [2.75, 3.05) is 24.5 Å². The molecule has 0 saturated carbocycles. The number of nitrogens with zero attached hydrogens (tertiary/aromatic N) is 2. The first-order valence-electron chi connectivity index (χ1n) is 7.70. The fourth-order valence-corrected chi connectivity index (χ4v) is 4.74. The van der Waals surface area contributed by atoms with Crippen molar-refractivity contribution < 1.29 is 12.6 Å². The van der Waals surface area contributed by atoms with E-state index in [-0.39, 0.29) is 16.1 Å². The van der Waals surface area contributed by atoms with E-state index in [4.69, 9.17) is 27.4 Å². The molecular weight excluding hydrogens is 385 g/mol. The van der Waals surface area contributed by atoms with E-state index in [2.05, 4.69) is 10.3 Å². The molecule has 2 saturated heterocycles. The highest BCUT2D eigenvalue weighted by Crippen LogP contribution is 2.38. The summed E-state index contributed by atoms with van der Waals surface area (Å²) in [6.07, 6.45) is 1.62. The first kappa shape index (κ1) is 17.1. The number of hydrogen-bond acceptors (Lipinski definition) is 6. The van der Waals surface area contributed by atoms with Crippen molar-refractivity contribution in [3.63, 3.8) is 0 Å². The Kier molecular flexibility index (Phi) is 4.16. The number of benzene rings is 1. The van der Waals surface area contributed by atoms with Gasteiger partial charge in [-0.1, -0.05) is 41.4 Å². The molecule has 25 heavy (non-hydrogen) atoms. The summed E-state index contributed by atoms with van der Waals surface area (Å²) in [4.78, 5) is 6.21. The third-order valence-electron chi connectivity index (χ3n) is 4.60. The summed E-state index contributed by atoms with van der Waals surface area (Å²) in [6.45, 7) is 1.50. The van der Waals surface area contributed by atoms with Gasteiger partial charge in [-0.25, -0.2) is 4.98 Å². The Labute approximate surface area is 155 Å². The molecule has 2 atom stereocenters. The van der Waals surface area contributed by atoms with Crippen molar-refractivity contribution in [1.82, 2.24) is 10.3 Å². The molecule has 2 unspecified atom stereocenters. The van der Waals surface area contributed by atoms with Crippen molar-refractivity contribution in [2.45, 2.75) is 16.5 Å². The molecule has 0 amide bonds. The smallest absolute Gasteiger partial charge is 0.297 e.